The zero-order valence-corrected chi connectivity index (χ0v) is 13.6. The highest BCUT2D eigenvalue weighted by molar-refractivity contribution is 5.88. The lowest BCUT2D eigenvalue weighted by molar-refractivity contribution is -0.129. The molecule has 122 valence electrons. The Bertz CT molecular complexity index is 664. The molecule has 0 spiro atoms. The Kier molecular flexibility index (Phi) is 5.51. The van der Waals surface area contributed by atoms with Crippen molar-refractivity contribution in [1.29, 1.82) is 0 Å². The molecule has 0 saturated heterocycles. The molecule has 0 aliphatic carbocycles. The smallest absolute Gasteiger partial charge is 0.246 e. The van der Waals surface area contributed by atoms with Crippen molar-refractivity contribution in [1.82, 2.24) is 20.2 Å². The van der Waals surface area contributed by atoms with Crippen molar-refractivity contribution < 1.29 is 9.59 Å². The molecule has 0 fully saturated rings. The number of amides is 2. The molecule has 2 rings (SSSR count). The maximum atomic E-state index is 12.3. The summed E-state index contributed by atoms with van der Waals surface area (Å²) in [6, 6.07) is 8.47. The molecule has 2 aromatic rings. The van der Waals surface area contributed by atoms with Gasteiger partial charge in [-0.2, -0.15) is 0 Å². The lowest BCUT2D eigenvalue weighted by Gasteiger charge is -2.18. The lowest BCUT2D eigenvalue weighted by Crippen LogP contribution is -2.40. The van der Waals surface area contributed by atoms with E-state index in [-0.39, 0.29) is 24.3 Å². The standard InChI is InChI=1S/C17H22N4O2/c1-12(2)16-19-9-10-21(16)11-14(22)20-15(17(23)18-3)13-7-5-4-6-8-13/h4-10,12,15H,11H2,1-3H3,(H,18,23)(H,20,22). The number of carbonyl (C=O) groups is 2. The highest BCUT2D eigenvalue weighted by Gasteiger charge is 2.22. The number of hydrogen-bond donors (Lipinski definition) is 2. The van der Waals surface area contributed by atoms with E-state index in [1.807, 2.05) is 44.2 Å². The maximum Gasteiger partial charge on any atom is 0.246 e. The molecule has 0 bridgehead atoms. The number of imidazole rings is 1. The Labute approximate surface area is 135 Å². The second-order valence-corrected chi connectivity index (χ2v) is 5.59. The normalized spacial score (nSPS) is 12.0. The van der Waals surface area contributed by atoms with Crippen LogP contribution in [0, 0.1) is 0 Å². The SMILES string of the molecule is CNC(=O)C(NC(=O)Cn1ccnc1C(C)C)c1ccccc1. The number of aromatic nitrogens is 2. The van der Waals surface area contributed by atoms with Gasteiger partial charge < -0.3 is 15.2 Å². The van der Waals surface area contributed by atoms with Gasteiger partial charge >= 0.3 is 0 Å². The molecule has 0 radical (unpaired) electrons. The van der Waals surface area contributed by atoms with Gasteiger partial charge in [-0.05, 0) is 5.56 Å². The molecule has 0 aliphatic rings. The van der Waals surface area contributed by atoms with Crippen molar-refractivity contribution in [3.63, 3.8) is 0 Å². The van der Waals surface area contributed by atoms with Gasteiger partial charge in [0.1, 0.15) is 18.4 Å². The van der Waals surface area contributed by atoms with Gasteiger partial charge in [-0.3, -0.25) is 9.59 Å². The summed E-state index contributed by atoms with van der Waals surface area (Å²) in [5, 5.41) is 5.37. The molecule has 2 amide bonds. The molecule has 1 aromatic carbocycles. The number of nitrogens with zero attached hydrogens (tertiary/aromatic N) is 2. The Hall–Kier alpha value is -2.63. The van der Waals surface area contributed by atoms with Crippen LogP contribution in [0.1, 0.15) is 37.2 Å². The fourth-order valence-electron chi connectivity index (χ4n) is 2.41. The van der Waals surface area contributed by atoms with Gasteiger partial charge in [-0.1, -0.05) is 44.2 Å². The van der Waals surface area contributed by atoms with Crippen LogP contribution < -0.4 is 10.6 Å². The first-order valence-electron chi connectivity index (χ1n) is 7.60. The van der Waals surface area contributed by atoms with Gasteiger partial charge in [-0.25, -0.2) is 4.98 Å². The van der Waals surface area contributed by atoms with Gasteiger partial charge in [0.25, 0.3) is 0 Å². The second kappa shape index (κ2) is 7.58. The fourth-order valence-corrected chi connectivity index (χ4v) is 2.41. The van der Waals surface area contributed by atoms with Crippen LogP contribution in [0.15, 0.2) is 42.7 Å². The van der Waals surface area contributed by atoms with Gasteiger partial charge in [0.15, 0.2) is 0 Å². The largest absolute Gasteiger partial charge is 0.357 e. The van der Waals surface area contributed by atoms with Crippen molar-refractivity contribution in [3.05, 3.63) is 54.1 Å². The zero-order valence-electron chi connectivity index (χ0n) is 13.6. The van der Waals surface area contributed by atoms with Crippen LogP contribution in [-0.4, -0.2) is 28.4 Å². The average molecular weight is 314 g/mol. The molecule has 6 heteroatoms. The summed E-state index contributed by atoms with van der Waals surface area (Å²) in [5.74, 6) is 0.583. The van der Waals surface area contributed by atoms with Crippen molar-refractivity contribution in [3.8, 4) is 0 Å². The molecule has 0 saturated carbocycles. The van der Waals surface area contributed by atoms with Gasteiger partial charge in [0.05, 0.1) is 0 Å². The van der Waals surface area contributed by atoms with Crippen molar-refractivity contribution >= 4 is 11.8 Å². The summed E-state index contributed by atoms with van der Waals surface area (Å²) < 4.78 is 1.80. The van der Waals surface area contributed by atoms with Crippen LogP contribution in [0.25, 0.3) is 0 Å². The number of benzene rings is 1. The second-order valence-electron chi connectivity index (χ2n) is 5.59. The molecule has 1 atom stereocenters. The Morgan fingerprint density at radius 1 is 1.22 bits per heavy atom. The van der Waals surface area contributed by atoms with Crippen molar-refractivity contribution in [2.75, 3.05) is 7.05 Å². The first kappa shape index (κ1) is 16.7. The lowest BCUT2D eigenvalue weighted by atomic mass is 10.1. The number of carbonyl (C=O) groups excluding carboxylic acids is 2. The van der Waals surface area contributed by atoms with Gasteiger partial charge in [0.2, 0.25) is 11.8 Å². The summed E-state index contributed by atoms with van der Waals surface area (Å²) >= 11 is 0. The molecular weight excluding hydrogens is 292 g/mol. The van der Waals surface area contributed by atoms with E-state index in [0.717, 1.165) is 11.4 Å². The van der Waals surface area contributed by atoms with E-state index < -0.39 is 6.04 Å². The Morgan fingerprint density at radius 3 is 2.52 bits per heavy atom. The minimum atomic E-state index is -0.709. The quantitative estimate of drug-likeness (QED) is 0.850. The van der Waals surface area contributed by atoms with E-state index >= 15 is 0 Å². The molecule has 23 heavy (non-hydrogen) atoms. The van der Waals surface area contributed by atoms with E-state index in [4.69, 9.17) is 0 Å². The molecule has 1 heterocycles. The molecule has 6 nitrogen and oxygen atoms in total. The molecule has 0 aliphatic heterocycles. The van der Waals surface area contributed by atoms with Crippen LogP contribution in [0.5, 0.6) is 0 Å². The minimum absolute atomic E-state index is 0.133. The van der Waals surface area contributed by atoms with E-state index in [1.165, 1.54) is 0 Å². The zero-order chi connectivity index (χ0) is 16.8. The van der Waals surface area contributed by atoms with Crippen molar-refractivity contribution in [2.45, 2.75) is 32.4 Å². The predicted molar refractivity (Wildman–Crippen MR) is 87.7 cm³/mol. The predicted octanol–water partition coefficient (Wildman–Crippen LogP) is 1.61. The van der Waals surface area contributed by atoms with Crippen LogP contribution in [-0.2, 0) is 16.1 Å². The first-order valence-corrected chi connectivity index (χ1v) is 7.60. The maximum absolute atomic E-state index is 12.3. The van der Waals surface area contributed by atoms with Gasteiger partial charge in [-0.15, -0.1) is 0 Å². The fraction of sp³-hybridized carbons (Fsp3) is 0.353. The summed E-state index contributed by atoms with van der Waals surface area (Å²) in [5.41, 5.74) is 0.745. The number of likely N-dealkylation sites (N-methyl/N-ethyl adjacent to an activating group) is 1. The third-order valence-electron chi connectivity index (χ3n) is 3.52. The summed E-state index contributed by atoms with van der Waals surface area (Å²) in [7, 11) is 1.55. The summed E-state index contributed by atoms with van der Waals surface area (Å²) in [6.45, 7) is 4.18. The molecule has 2 N–H and O–H groups in total. The van der Waals surface area contributed by atoms with Crippen LogP contribution in [0.2, 0.25) is 0 Å². The minimum Gasteiger partial charge on any atom is -0.357 e. The number of rotatable bonds is 6. The van der Waals surface area contributed by atoms with E-state index in [2.05, 4.69) is 15.6 Å². The Morgan fingerprint density at radius 2 is 1.91 bits per heavy atom. The molecular formula is C17H22N4O2. The van der Waals surface area contributed by atoms with Gasteiger partial charge in [0, 0.05) is 25.4 Å². The van der Waals surface area contributed by atoms with E-state index in [1.54, 1.807) is 24.0 Å². The topological polar surface area (TPSA) is 76.0 Å². The Balaban J connectivity index is 2.12. The average Bonchev–Trinajstić information content (AvgIpc) is 3.01. The summed E-state index contributed by atoms with van der Waals surface area (Å²) in [4.78, 5) is 28.7. The number of hydrogen-bond acceptors (Lipinski definition) is 3. The highest BCUT2D eigenvalue weighted by Crippen LogP contribution is 2.14. The monoisotopic (exact) mass is 314 g/mol. The van der Waals surface area contributed by atoms with E-state index in [9.17, 15) is 9.59 Å². The number of nitrogens with one attached hydrogen (secondary N) is 2. The van der Waals surface area contributed by atoms with Crippen LogP contribution in [0.4, 0.5) is 0 Å². The van der Waals surface area contributed by atoms with Crippen molar-refractivity contribution in [2.24, 2.45) is 0 Å². The van der Waals surface area contributed by atoms with Crippen LogP contribution >= 0.6 is 0 Å². The highest BCUT2D eigenvalue weighted by atomic mass is 16.2. The molecule has 1 unspecified atom stereocenters. The third kappa shape index (κ3) is 4.18. The van der Waals surface area contributed by atoms with Crippen LogP contribution in [0.3, 0.4) is 0 Å². The third-order valence-corrected chi connectivity index (χ3v) is 3.52. The summed E-state index contributed by atoms with van der Waals surface area (Å²) in [6.07, 6.45) is 3.45. The first-order chi connectivity index (χ1) is 11.0. The molecule has 1 aromatic heterocycles. The van der Waals surface area contributed by atoms with E-state index in [0.29, 0.717) is 0 Å².